The second-order valence-electron chi connectivity index (χ2n) is 6.29. The van der Waals surface area contributed by atoms with E-state index in [0.29, 0.717) is 28.8 Å². The van der Waals surface area contributed by atoms with Crippen LogP contribution in [0.2, 0.25) is 0 Å². The Morgan fingerprint density at radius 3 is 2.92 bits per heavy atom. The SMILES string of the molecule is O=C(C[C@@H]1CCCCN1)Cn1cnc2cc3c(cc2c1=O)OCO3. The van der Waals surface area contributed by atoms with Gasteiger partial charge in [0, 0.05) is 18.5 Å². The van der Waals surface area contributed by atoms with E-state index >= 15 is 0 Å². The maximum atomic E-state index is 12.6. The number of benzene rings is 1. The van der Waals surface area contributed by atoms with Gasteiger partial charge in [0.05, 0.1) is 23.8 Å². The number of ketones is 1. The molecule has 1 saturated heterocycles. The van der Waals surface area contributed by atoms with Crippen LogP contribution in [0.1, 0.15) is 25.7 Å². The number of nitrogens with zero attached hydrogens (tertiary/aromatic N) is 2. The predicted octanol–water partition coefficient (Wildman–Crippen LogP) is 1.23. The molecule has 0 spiro atoms. The molecule has 3 heterocycles. The van der Waals surface area contributed by atoms with Crippen LogP contribution in [0.4, 0.5) is 0 Å². The van der Waals surface area contributed by atoms with Crippen molar-refractivity contribution in [2.24, 2.45) is 0 Å². The smallest absolute Gasteiger partial charge is 0.261 e. The second kappa shape index (κ2) is 6.24. The van der Waals surface area contributed by atoms with Gasteiger partial charge in [-0.1, -0.05) is 6.42 Å². The number of ether oxygens (including phenoxy) is 2. The molecule has 24 heavy (non-hydrogen) atoms. The fourth-order valence-electron chi connectivity index (χ4n) is 3.29. The Morgan fingerprint density at radius 1 is 1.29 bits per heavy atom. The highest BCUT2D eigenvalue weighted by molar-refractivity contribution is 5.83. The Hall–Kier alpha value is -2.41. The first-order chi connectivity index (χ1) is 11.7. The number of fused-ring (bicyclic) bond motifs is 2. The third kappa shape index (κ3) is 2.87. The average molecular weight is 329 g/mol. The molecule has 1 fully saturated rings. The minimum atomic E-state index is -0.233. The first kappa shape index (κ1) is 15.1. The highest BCUT2D eigenvalue weighted by Gasteiger charge is 2.19. The number of rotatable bonds is 4. The highest BCUT2D eigenvalue weighted by Crippen LogP contribution is 2.34. The van der Waals surface area contributed by atoms with Crippen LogP contribution in [-0.4, -0.2) is 34.7 Å². The third-order valence-corrected chi connectivity index (χ3v) is 4.55. The first-order valence-electron chi connectivity index (χ1n) is 8.24. The van der Waals surface area contributed by atoms with Crippen molar-refractivity contribution in [2.75, 3.05) is 13.3 Å². The van der Waals surface area contributed by atoms with Crippen LogP contribution in [0, 0.1) is 0 Å². The number of hydrogen-bond acceptors (Lipinski definition) is 6. The summed E-state index contributed by atoms with van der Waals surface area (Å²) < 4.78 is 12.0. The molecule has 2 aliphatic heterocycles. The minimum Gasteiger partial charge on any atom is -0.454 e. The molecule has 2 aliphatic rings. The van der Waals surface area contributed by atoms with E-state index in [9.17, 15) is 9.59 Å². The maximum absolute atomic E-state index is 12.6. The van der Waals surface area contributed by atoms with E-state index in [0.717, 1.165) is 25.8 Å². The van der Waals surface area contributed by atoms with Gasteiger partial charge in [-0.15, -0.1) is 0 Å². The van der Waals surface area contributed by atoms with E-state index in [2.05, 4.69) is 10.3 Å². The highest BCUT2D eigenvalue weighted by atomic mass is 16.7. The van der Waals surface area contributed by atoms with Crippen molar-refractivity contribution < 1.29 is 14.3 Å². The molecular formula is C17H19N3O4. The van der Waals surface area contributed by atoms with Gasteiger partial charge in [0.15, 0.2) is 17.3 Å². The number of carbonyl (C=O) groups is 1. The summed E-state index contributed by atoms with van der Waals surface area (Å²) in [7, 11) is 0. The fraction of sp³-hybridized carbons (Fsp3) is 0.471. The van der Waals surface area contributed by atoms with Crippen molar-refractivity contribution in [1.29, 1.82) is 0 Å². The Balaban J connectivity index is 1.55. The van der Waals surface area contributed by atoms with Crippen molar-refractivity contribution in [2.45, 2.75) is 38.3 Å². The molecule has 0 saturated carbocycles. The number of carbonyl (C=O) groups excluding carboxylic acids is 1. The van der Waals surface area contributed by atoms with Gasteiger partial charge in [0.1, 0.15) is 0 Å². The molecule has 1 aromatic heterocycles. The summed E-state index contributed by atoms with van der Waals surface area (Å²) in [5.74, 6) is 1.17. The molecule has 0 radical (unpaired) electrons. The summed E-state index contributed by atoms with van der Waals surface area (Å²) in [4.78, 5) is 29.2. The van der Waals surface area contributed by atoms with E-state index in [4.69, 9.17) is 9.47 Å². The number of Topliss-reactive ketones (excluding diaryl/α,β-unsaturated/α-hetero) is 1. The normalized spacial score (nSPS) is 19.6. The second-order valence-corrected chi connectivity index (χ2v) is 6.29. The molecule has 4 rings (SSSR count). The summed E-state index contributed by atoms with van der Waals surface area (Å²) in [6.07, 6.45) is 5.20. The molecule has 0 amide bonds. The van der Waals surface area contributed by atoms with Crippen molar-refractivity contribution in [1.82, 2.24) is 14.9 Å². The zero-order valence-electron chi connectivity index (χ0n) is 13.3. The van der Waals surface area contributed by atoms with Crippen LogP contribution in [0.15, 0.2) is 23.3 Å². The minimum absolute atomic E-state index is 0.0402. The van der Waals surface area contributed by atoms with Gasteiger partial charge in [-0.05, 0) is 25.5 Å². The molecule has 2 aromatic rings. The lowest BCUT2D eigenvalue weighted by atomic mass is 10.00. The number of aromatic nitrogens is 2. The van der Waals surface area contributed by atoms with Gasteiger partial charge in [-0.2, -0.15) is 0 Å². The Morgan fingerprint density at radius 2 is 2.12 bits per heavy atom. The van der Waals surface area contributed by atoms with E-state index in [1.165, 1.54) is 10.9 Å². The Bertz CT molecular complexity index is 840. The topological polar surface area (TPSA) is 82.5 Å². The van der Waals surface area contributed by atoms with Crippen molar-refractivity contribution in [3.63, 3.8) is 0 Å². The zero-order chi connectivity index (χ0) is 16.5. The number of piperidine rings is 1. The van der Waals surface area contributed by atoms with Crippen molar-refractivity contribution >= 4 is 16.7 Å². The van der Waals surface area contributed by atoms with E-state index in [-0.39, 0.29) is 30.7 Å². The molecule has 1 aromatic carbocycles. The van der Waals surface area contributed by atoms with E-state index < -0.39 is 0 Å². The largest absolute Gasteiger partial charge is 0.454 e. The number of hydrogen-bond donors (Lipinski definition) is 1. The number of nitrogens with one attached hydrogen (secondary N) is 1. The maximum Gasteiger partial charge on any atom is 0.261 e. The first-order valence-corrected chi connectivity index (χ1v) is 8.24. The average Bonchev–Trinajstić information content (AvgIpc) is 3.04. The Kier molecular flexibility index (Phi) is 3.93. The van der Waals surface area contributed by atoms with Crippen LogP contribution < -0.4 is 20.3 Å². The van der Waals surface area contributed by atoms with Crippen LogP contribution in [0.25, 0.3) is 10.9 Å². The molecule has 126 valence electrons. The lowest BCUT2D eigenvalue weighted by Crippen LogP contribution is -2.37. The van der Waals surface area contributed by atoms with Gasteiger partial charge >= 0.3 is 0 Å². The molecule has 0 aliphatic carbocycles. The van der Waals surface area contributed by atoms with Crippen LogP contribution >= 0.6 is 0 Å². The molecular weight excluding hydrogens is 310 g/mol. The zero-order valence-corrected chi connectivity index (χ0v) is 13.3. The molecule has 7 nitrogen and oxygen atoms in total. The van der Waals surface area contributed by atoms with Crippen molar-refractivity contribution in [3.8, 4) is 11.5 Å². The van der Waals surface area contributed by atoms with E-state index in [1.54, 1.807) is 12.1 Å². The lowest BCUT2D eigenvalue weighted by molar-refractivity contribution is -0.120. The molecule has 7 heteroatoms. The molecule has 1 N–H and O–H groups in total. The molecule has 1 atom stereocenters. The summed E-state index contributed by atoms with van der Waals surface area (Å²) in [6, 6.07) is 3.55. The van der Waals surface area contributed by atoms with Gasteiger partial charge in [0.2, 0.25) is 6.79 Å². The predicted molar refractivity (Wildman–Crippen MR) is 87.4 cm³/mol. The standard InChI is InChI=1S/C17H19N3O4/c21-12(5-11-3-1-2-4-18-11)8-20-9-19-14-7-16-15(23-10-24-16)6-13(14)17(20)22/h6-7,9,11,18H,1-5,8,10H2/t11-/m0/s1. The monoisotopic (exact) mass is 329 g/mol. The van der Waals surface area contributed by atoms with Crippen molar-refractivity contribution in [3.05, 3.63) is 28.8 Å². The summed E-state index contributed by atoms with van der Waals surface area (Å²) in [6.45, 7) is 1.16. The van der Waals surface area contributed by atoms with E-state index in [1.807, 2.05) is 0 Å². The van der Waals surface area contributed by atoms with Gasteiger partial charge in [-0.25, -0.2) is 4.98 Å². The fourth-order valence-corrected chi connectivity index (χ4v) is 3.29. The van der Waals surface area contributed by atoms with Gasteiger partial charge in [-0.3, -0.25) is 14.2 Å². The Labute approximate surface area is 138 Å². The quantitative estimate of drug-likeness (QED) is 0.908. The lowest BCUT2D eigenvalue weighted by Gasteiger charge is -2.22. The molecule has 0 bridgehead atoms. The van der Waals surface area contributed by atoms with Gasteiger partial charge < -0.3 is 14.8 Å². The van der Waals surface area contributed by atoms with Crippen LogP contribution in [0.5, 0.6) is 11.5 Å². The van der Waals surface area contributed by atoms with Crippen LogP contribution in [0.3, 0.4) is 0 Å². The van der Waals surface area contributed by atoms with Gasteiger partial charge in [0.25, 0.3) is 5.56 Å². The molecule has 0 unspecified atom stereocenters. The summed E-state index contributed by atoms with van der Waals surface area (Å²) in [5.41, 5.74) is 0.310. The summed E-state index contributed by atoms with van der Waals surface area (Å²) >= 11 is 0. The summed E-state index contributed by atoms with van der Waals surface area (Å²) in [5, 5.41) is 3.79. The van der Waals surface area contributed by atoms with Crippen LogP contribution in [-0.2, 0) is 11.3 Å². The third-order valence-electron chi connectivity index (χ3n) is 4.55.